The number of carbonyl (C=O) groups excluding carboxylic acids is 1. The number of amides is 1. The van der Waals surface area contributed by atoms with E-state index in [1.807, 2.05) is 6.92 Å². The molecule has 58 valence electrons. The number of carbonyl (C=O) groups is 1. The molecule has 1 saturated heterocycles. The van der Waals surface area contributed by atoms with Crippen LogP contribution in [0.2, 0.25) is 0 Å². The van der Waals surface area contributed by atoms with Crippen molar-refractivity contribution in [3.8, 4) is 0 Å². The van der Waals surface area contributed by atoms with Crippen molar-refractivity contribution >= 4 is 6.09 Å². The summed E-state index contributed by atoms with van der Waals surface area (Å²) in [5.74, 6) is 0. The van der Waals surface area contributed by atoms with E-state index in [1.165, 1.54) is 0 Å². The standard InChI is InChI=1S/C6H12N2O2/c1-2-8-4-5(3-7)10-6(8)9/h5H,2-4,7H2,1H3. The van der Waals surface area contributed by atoms with Gasteiger partial charge in [-0.1, -0.05) is 0 Å². The van der Waals surface area contributed by atoms with Crippen LogP contribution in [0.5, 0.6) is 0 Å². The molecule has 10 heavy (non-hydrogen) atoms. The van der Waals surface area contributed by atoms with Crippen molar-refractivity contribution in [3.63, 3.8) is 0 Å². The van der Waals surface area contributed by atoms with Crippen molar-refractivity contribution < 1.29 is 9.53 Å². The van der Waals surface area contributed by atoms with Gasteiger partial charge < -0.3 is 15.4 Å². The summed E-state index contributed by atoms with van der Waals surface area (Å²) in [6, 6.07) is 0. The van der Waals surface area contributed by atoms with Crippen LogP contribution in [0.4, 0.5) is 4.79 Å². The largest absolute Gasteiger partial charge is 0.443 e. The van der Waals surface area contributed by atoms with Crippen LogP contribution >= 0.6 is 0 Å². The molecule has 0 saturated carbocycles. The van der Waals surface area contributed by atoms with Gasteiger partial charge in [0, 0.05) is 13.1 Å². The molecule has 1 heterocycles. The van der Waals surface area contributed by atoms with E-state index in [4.69, 9.17) is 10.5 Å². The molecule has 4 heteroatoms. The minimum atomic E-state index is -0.238. The second kappa shape index (κ2) is 2.88. The molecule has 2 N–H and O–H groups in total. The Labute approximate surface area is 59.9 Å². The van der Waals surface area contributed by atoms with Gasteiger partial charge in [-0.15, -0.1) is 0 Å². The van der Waals surface area contributed by atoms with Crippen LogP contribution in [0.25, 0.3) is 0 Å². The quantitative estimate of drug-likeness (QED) is 0.583. The number of likely N-dealkylation sites (N-methyl/N-ethyl adjacent to an activating group) is 1. The Morgan fingerprint density at radius 2 is 2.60 bits per heavy atom. The van der Waals surface area contributed by atoms with Crippen LogP contribution in [0.15, 0.2) is 0 Å². The highest BCUT2D eigenvalue weighted by Gasteiger charge is 2.28. The number of nitrogens with two attached hydrogens (primary N) is 1. The molecule has 1 amide bonds. The molecule has 1 aliphatic heterocycles. The summed E-state index contributed by atoms with van der Waals surface area (Å²) in [4.78, 5) is 12.5. The molecule has 1 unspecified atom stereocenters. The number of nitrogens with zero attached hydrogens (tertiary/aromatic N) is 1. The Balaban J connectivity index is 2.44. The van der Waals surface area contributed by atoms with Crippen LogP contribution in [0, 0.1) is 0 Å². The zero-order valence-corrected chi connectivity index (χ0v) is 6.04. The first-order chi connectivity index (χ1) is 4.77. The van der Waals surface area contributed by atoms with Crippen LogP contribution in [0.3, 0.4) is 0 Å². The minimum Gasteiger partial charge on any atom is -0.443 e. The smallest absolute Gasteiger partial charge is 0.410 e. The zero-order chi connectivity index (χ0) is 7.56. The van der Waals surface area contributed by atoms with Gasteiger partial charge in [0.2, 0.25) is 0 Å². The average molecular weight is 144 g/mol. The molecule has 0 aromatic heterocycles. The second-order valence-electron chi connectivity index (χ2n) is 2.28. The minimum absolute atomic E-state index is 0.0903. The molecule has 0 aromatic carbocycles. The maximum absolute atomic E-state index is 10.8. The lowest BCUT2D eigenvalue weighted by Crippen LogP contribution is -2.27. The molecule has 1 aliphatic rings. The average Bonchev–Trinajstić information content (AvgIpc) is 2.30. The van der Waals surface area contributed by atoms with Crippen LogP contribution < -0.4 is 5.73 Å². The Morgan fingerprint density at radius 3 is 2.90 bits per heavy atom. The van der Waals surface area contributed by atoms with Crippen LogP contribution in [-0.4, -0.2) is 36.7 Å². The lowest BCUT2D eigenvalue weighted by molar-refractivity contribution is 0.135. The molecule has 0 radical (unpaired) electrons. The fourth-order valence-corrected chi connectivity index (χ4v) is 0.956. The summed E-state index contributed by atoms with van der Waals surface area (Å²) in [5.41, 5.74) is 5.31. The van der Waals surface area contributed by atoms with Gasteiger partial charge in [0.05, 0.1) is 6.54 Å². The van der Waals surface area contributed by atoms with Gasteiger partial charge in [-0.3, -0.25) is 0 Å². The summed E-state index contributed by atoms with van der Waals surface area (Å²) in [5, 5.41) is 0. The molecule has 0 bridgehead atoms. The molecular weight excluding hydrogens is 132 g/mol. The Morgan fingerprint density at radius 1 is 1.90 bits per heavy atom. The van der Waals surface area contributed by atoms with Crippen molar-refractivity contribution in [2.24, 2.45) is 5.73 Å². The van der Waals surface area contributed by atoms with Crippen molar-refractivity contribution in [2.45, 2.75) is 13.0 Å². The maximum atomic E-state index is 10.8. The maximum Gasteiger partial charge on any atom is 0.410 e. The summed E-state index contributed by atoms with van der Waals surface area (Å²) in [7, 11) is 0. The first kappa shape index (κ1) is 7.34. The molecule has 0 aliphatic carbocycles. The number of hydrogen-bond acceptors (Lipinski definition) is 3. The van der Waals surface area contributed by atoms with E-state index < -0.39 is 0 Å². The van der Waals surface area contributed by atoms with E-state index in [0.717, 1.165) is 0 Å². The highest BCUT2D eigenvalue weighted by Crippen LogP contribution is 2.08. The summed E-state index contributed by atoms with van der Waals surface area (Å²) in [6.45, 7) is 3.68. The SMILES string of the molecule is CCN1CC(CN)OC1=O. The number of rotatable bonds is 2. The lowest BCUT2D eigenvalue weighted by atomic mass is 10.3. The van der Waals surface area contributed by atoms with Gasteiger partial charge >= 0.3 is 6.09 Å². The van der Waals surface area contributed by atoms with Gasteiger partial charge in [0.15, 0.2) is 0 Å². The fourth-order valence-electron chi connectivity index (χ4n) is 0.956. The summed E-state index contributed by atoms with van der Waals surface area (Å²) < 4.78 is 4.88. The summed E-state index contributed by atoms with van der Waals surface area (Å²) >= 11 is 0. The van der Waals surface area contributed by atoms with Gasteiger partial charge in [0.25, 0.3) is 0 Å². The highest BCUT2D eigenvalue weighted by molar-refractivity contribution is 5.69. The Kier molecular flexibility index (Phi) is 2.11. The molecule has 0 spiro atoms. The van der Waals surface area contributed by atoms with Crippen molar-refractivity contribution in [3.05, 3.63) is 0 Å². The topological polar surface area (TPSA) is 55.6 Å². The highest BCUT2D eigenvalue weighted by atomic mass is 16.6. The first-order valence-electron chi connectivity index (χ1n) is 3.43. The normalized spacial score (nSPS) is 25.2. The number of cyclic esters (lactones) is 1. The third kappa shape index (κ3) is 1.21. The Hall–Kier alpha value is -0.770. The number of ether oxygens (including phenoxy) is 1. The van der Waals surface area contributed by atoms with Crippen molar-refractivity contribution in [1.82, 2.24) is 4.90 Å². The molecule has 1 rings (SSSR count). The predicted molar refractivity (Wildman–Crippen MR) is 36.6 cm³/mol. The molecule has 0 aromatic rings. The predicted octanol–water partition coefficient (Wildman–Crippen LogP) is -0.214. The fraction of sp³-hybridized carbons (Fsp3) is 0.833. The molecule has 4 nitrogen and oxygen atoms in total. The second-order valence-corrected chi connectivity index (χ2v) is 2.28. The third-order valence-electron chi connectivity index (χ3n) is 1.59. The van der Waals surface area contributed by atoms with E-state index in [0.29, 0.717) is 19.6 Å². The lowest BCUT2D eigenvalue weighted by Gasteiger charge is -2.06. The zero-order valence-electron chi connectivity index (χ0n) is 6.04. The van der Waals surface area contributed by atoms with Gasteiger partial charge in [0.1, 0.15) is 6.10 Å². The van der Waals surface area contributed by atoms with E-state index in [2.05, 4.69) is 0 Å². The van der Waals surface area contributed by atoms with Crippen molar-refractivity contribution in [1.29, 1.82) is 0 Å². The van der Waals surface area contributed by atoms with E-state index in [-0.39, 0.29) is 12.2 Å². The first-order valence-corrected chi connectivity index (χ1v) is 3.43. The summed E-state index contributed by atoms with van der Waals surface area (Å²) in [6.07, 6.45) is -0.328. The van der Waals surface area contributed by atoms with Crippen LogP contribution in [-0.2, 0) is 4.74 Å². The molecular formula is C6H12N2O2. The van der Waals surface area contributed by atoms with Gasteiger partial charge in [-0.05, 0) is 6.92 Å². The third-order valence-corrected chi connectivity index (χ3v) is 1.59. The van der Waals surface area contributed by atoms with E-state index >= 15 is 0 Å². The monoisotopic (exact) mass is 144 g/mol. The van der Waals surface area contributed by atoms with Crippen LogP contribution in [0.1, 0.15) is 6.92 Å². The van der Waals surface area contributed by atoms with Crippen molar-refractivity contribution in [2.75, 3.05) is 19.6 Å². The molecule has 1 atom stereocenters. The Bertz CT molecular complexity index is 138. The van der Waals surface area contributed by atoms with Gasteiger partial charge in [-0.2, -0.15) is 0 Å². The number of hydrogen-bond donors (Lipinski definition) is 1. The van der Waals surface area contributed by atoms with E-state index in [9.17, 15) is 4.79 Å². The molecule has 1 fully saturated rings. The van der Waals surface area contributed by atoms with E-state index in [1.54, 1.807) is 4.90 Å². The van der Waals surface area contributed by atoms with Gasteiger partial charge in [-0.25, -0.2) is 4.79 Å².